The van der Waals surface area contributed by atoms with Crippen LogP contribution in [0.5, 0.6) is 0 Å². The maximum Gasteiger partial charge on any atom is 0.153 e. The van der Waals surface area contributed by atoms with Gasteiger partial charge in [0, 0.05) is 6.20 Å². The van der Waals surface area contributed by atoms with E-state index in [1.807, 2.05) is 6.07 Å². The van der Waals surface area contributed by atoms with E-state index in [0.29, 0.717) is 17.8 Å². The number of hydrogen-bond acceptors (Lipinski definition) is 2. The van der Waals surface area contributed by atoms with Gasteiger partial charge in [-0.15, -0.1) is 0 Å². The van der Waals surface area contributed by atoms with Crippen LogP contribution in [0.15, 0.2) is 30.5 Å². The minimum atomic E-state index is -0.267. The van der Waals surface area contributed by atoms with Crippen molar-refractivity contribution in [2.75, 3.05) is 0 Å². The van der Waals surface area contributed by atoms with Gasteiger partial charge in [-0.1, -0.05) is 12.1 Å². The van der Waals surface area contributed by atoms with Crippen LogP contribution >= 0.6 is 0 Å². The summed E-state index contributed by atoms with van der Waals surface area (Å²) in [6, 6.07) is 6.33. The van der Waals surface area contributed by atoms with E-state index >= 15 is 0 Å². The monoisotopic (exact) mass is 218 g/mol. The smallest absolute Gasteiger partial charge is 0.153 e. The Hall–Kier alpha value is -1.97. The van der Waals surface area contributed by atoms with Crippen molar-refractivity contribution in [2.24, 2.45) is 0 Å². The van der Waals surface area contributed by atoms with Crippen molar-refractivity contribution in [3.63, 3.8) is 0 Å². The first-order valence-corrected chi connectivity index (χ1v) is 4.92. The van der Waals surface area contributed by atoms with Gasteiger partial charge < -0.3 is 0 Å². The van der Waals surface area contributed by atoms with Crippen molar-refractivity contribution >= 4 is 6.29 Å². The molecule has 0 unspecified atom stereocenters. The molecule has 82 valence electrons. The van der Waals surface area contributed by atoms with Crippen molar-refractivity contribution in [1.29, 1.82) is 0 Å². The Balaban J connectivity index is 2.23. The summed E-state index contributed by atoms with van der Waals surface area (Å²) < 4.78 is 14.6. The van der Waals surface area contributed by atoms with Gasteiger partial charge in [0.1, 0.15) is 5.82 Å². The number of hydrogen-bond donors (Lipinski definition) is 0. The number of nitrogens with zero attached hydrogens (tertiary/aromatic N) is 2. The fourth-order valence-corrected chi connectivity index (χ4v) is 1.55. The molecule has 0 atom stereocenters. The molecule has 2 aromatic rings. The summed E-state index contributed by atoms with van der Waals surface area (Å²) in [7, 11) is 0. The highest BCUT2D eigenvalue weighted by Crippen LogP contribution is 2.08. The molecule has 0 aliphatic rings. The van der Waals surface area contributed by atoms with Crippen LogP contribution in [0.25, 0.3) is 0 Å². The summed E-state index contributed by atoms with van der Waals surface area (Å²) in [5, 5.41) is 4.17. The second-order valence-corrected chi connectivity index (χ2v) is 3.62. The molecule has 0 saturated heterocycles. The third-order valence-electron chi connectivity index (χ3n) is 2.34. The van der Waals surface area contributed by atoms with Gasteiger partial charge in [0.15, 0.2) is 6.29 Å². The molecule has 0 aliphatic carbocycles. The Kier molecular flexibility index (Phi) is 2.81. The summed E-state index contributed by atoms with van der Waals surface area (Å²) in [4.78, 5) is 10.6. The molecule has 16 heavy (non-hydrogen) atoms. The topological polar surface area (TPSA) is 34.9 Å². The van der Waals surface area contributed by atoms with E-state index in [-0.39, 0.29) is 5.82 Å². The lowest BCUT2D eigenvalue weighted by atomic mass is 10.2. The maximum atomic E-state index is 12.9. The molecular weight excluding hydrogens is 207 g/mol. The highest BCUT2D eigenvalue weighted by atomic mass is 19.1. The van der Waals surface area contributed by atoms with Crippen molar-refractivity contribution in [3.8, 4) is 0 Å². The second kappa shape index (κ2) is 4.26. The molecule has 0 saturated carbocycles. The van der Waals surface area contributed by atoms with Crippen molar-refractivity contribution in [3.05, 3.63) is 53.1 Å². The summed E-state index contributed by atoms with van der Waals surface area (Å²) in [6.07, 6.45) is 2.43. The van der Waals surface area contributed by atoms with Gasteiger partial charge in [0.25, 0.3) is 0 Å². The van der Waals surface area contributed by atoms with Crippen LogP contribution in [-0.4, -0.2) is 16.1 Å². The summed E-state index contributed by atoms with van der Waals surface area (Å²) in [5.74, 6) is -0.267. The largest absolute Gasteiger partial charge is 0.298 e. The lowest BCUT2D eigenvalue weighted by molar-refractivity contribution is 0.112. The molecule has 0 spiro atoms. The zero-order chi connectivity index (χ0) is 11.5. The van der Waals surface area contributed by atoms with E-state index in [4.69, 9.17) is 0 Å². The van der Waals surface area contributed by atoms with Gasteiger partial charge in [0.2, 0.25) is 0 Å². The first-order valence-electron chi connectivity index (χ1n) is 4.92. The van der Waals surface area contributed by atoms with Gasteiger partial charge in [-0.2, -0.15) is 5.10 Å². The van der Waals surface area contributed by atoms with Crippen LogP contribution in [-0.2, 0) is 6.54 Å². The fourth-order valence-electron chi connectivity index (χ4n) is 1.55. The Bertz CT molecular complexity index is 519. The number of halogens is 1. The molecule has 0 amide bonds. The molecule has 4 heteroatoms. The molecule has 1 aromatic heterocycles. The van der Waals surface area contributed by atoms with E-state index < -0.39 is 0 Å². The highest BCUT2D eigenvalue weighted by Gasteiger charge is 2.04. The van der Waals surface area contributed by atoms with E-state index in [0.717, 1.165) is 11.8 Å². The molecule has 2 rings (SSSR count). The normalized spacial score (nSPS) is 10.4. The first-order chi connectivity index (χ1) is 7.69. The van der Waals surface area contributed by atoms with Gasteiger partial charge in [0.05, 0.1) is 17.8 Å². The lowest BCUT2D eigenvalue weighted by Gasteiger charge is -2.01. The average molecular weight is 218 g/mol. The number of rotatable bonds is 3. The number of carbonyl (C=O) groups is 1. The molecule has 0 N–H and O–H groups in total. The summed E-state index contributed by atoms with van der Waals surface area (Å²) >= 11 is 0. The van der Waals surface area contributed by atoms with Crippen LogP contribution in [0, 0.1) is 12.7 Å². The zero-order valence-electron chi connectivity index (χ0n) is 8.85. The molecule has 0 bridgehead atoms. The third kappa shape index (κ3) is 2.16. The maximum absolute atomic E-state index is 12.9. The number of aldehydes is 1. The molecular formula is C12H11FN2O. The molecule has 0 radical (unpaired) electrons. The Morgan fingerprint density at radius 3 is 2.94 bits per heavy atom. The Labute approximate surface area is 92.5 Å². The van der Waals surface area contributed by atoms with Gasteiger partial charge >= 0.3 is 0 Å². The molecule has 0 aliphatic heterocycles. The van der Waals surface area contributed by atoms with Gasteiger partial charge in [-0.05, 0) is 24.6 Å². The minimum absolute atomic E-state index is 0.267. The number of aryl methyl sites for hydroxylation is 1. The van der Waals surface area contributed by atoms with Crippen LogP contribution in [0.4, 0.5) is 4.39 Å². The third-order valence-corrected chi connectivity index (χ3v) is 2.34. The second-order valence-electron chi connectivity index (χ2n) is 3.62. The van der Waals surface area contributed by atoms with Crippen LogP contribution in [0.3, 0.4) is 0 Å². The number of benzene rings is 1. The van der Waals surface area contributed by atoms with Crippen LogP contribution in [0.2, 0.25) is 0 Å². The van der Waals surface area contributed by atoms with Crippen molar-refractivity contribution in [1.82, 2.24) is 9.78 Å². The fraction of sp³-hybridized carbons (Fsp3) is 0.167. The SMILES string of the molecule is Cc1nn(Cc2cccc(F)c2)cc1C=O. The molecule has 1 heterocycles. The van der Waals surface area contributed by atoms with Gasteiger partial charge in [-0.25, -0.2) is 4.39 Å². The highest BCUT2D eigenvalue weighted by molar-refractivity contribution is 5.75. The van der Waals surface area contributed by atoms with E-state index in [2.05, 4.69) is 5.10 Å². The van der Waals surface area contributed by atoms with E-state index in [1.165, 1.54) is 12.1 Å². The average Bonchev–Trinajstić information content (AvgIpc) is 2.58. The van der Waals surface area contributed by atoms with Crippen LogP contribution in [0.1, 0.15) is 21.6 Å². The minimum Gasteiger partial charge on any atom is -0.298 e. The first kappa shape index (κ1) is 10.5. The zero-order valence-corrected chi connectivity index (χ0v) is 8.85. The Morgan fingerprint density at radius 2 is 2.31 bits per heavy atom. The van der Waals surface area contributed by atoms with Crippen molar-refractivity contribution in [2.45, 2.75) is 13.5 Å². The Morgan fingerprint density at radius 1 is 1.50 bits per heavy atom. The van der Waals surface area contributed by atoms with Gasteiger partial charge in [-0.3, -0.25) is 9.48 Å². The van der Waals surface area contributed by atoms with E-state index in [1.54, 1.807) is 23.9 Å². The van der Waals surface area contributed by atoms with E-state index in [9.17, 15) is 9.18 Å². The molecule has 3 nitrogen and oxygen atoms in total. The molecule has 1 aromatic carbocycles. The quantitative estimate of drug-likeness (QED) is 0.740. The predicted octanol–water partition coefficient (Wildman–Crippen LogP) is 2.19. The predicted molar refractivity (Wildman–Crippen MR) is 57.9 cm³/mol. The standard InChI is InChI=1S/C12H11FN2O/c1-9-11(8-16)7-15(14-9)6-10-3-2-4-12(13)5-10/h2-5,7-8H,6H2,1H3. The van der Waals surface area contributed by atoms with Crippen LogP contribution < -0.4 is 0 Å². The molecule has 0 fully saturated rings. The summed E-state index contributed by atoms with van der Waals surface area (Å²) in [5.41, 5.74) is 2.07. The van der Waals surface area contributed by atoms with Crippen molar-refractivity contribution < 1.29 is 9.18 Å². The summed E-state index contributed by atoms with van der Waals surface area (Å²) in [6.45, 7) is 2.23. The number of aromatic nitrogens is 2. The lowest BCUT2D eigenvalue weighted by Crippen LogP contribution is -2.00. The number of carbonyl (C=O) groups excluding carboxylic acids is 1.